The summed E-state index contributed by atoms with van der Waals surface area (Å²) in [5.74, 6) is -0.340. The van der Waals surface area contributed by atoms with Gasteiger partial charge in [-0.2, -0.15) is 5.10 Å². The first-order valence-corrected chi connectivity index (χ1v) is 6.91. The zero-order valence-electron chi connectivity index (χ0n) is 11.8. The molecule has 0 radical (unpaired) electrons. The highest BCUT2D eigenvalue weighted by molar-refractivity contribution is 6.04. The number of hydrogen-bond acceptors (Lipinski definition) is 2. The molecule has 0 spiro atoms. The van der Waals surface area contributed by atoms with Crippen molar-refractivity contribution in [1.82, 2.24) is 14.8 Å². The number of pyridine rings is 1. The van der Waals surface area contributed by atoms with Gasteiger partial charge >= 0.3 is 0 Å². The minimum Gasteiger partial charge on any atom is -0.321 e. The topological polar surface area (TPSA) is 50.7 Å². The molecule has 5 heteroatoms. The fourth-order valence-electron chi connectivity index (χ4n) is 2.83. The average molecular weight is 293 g/mol. The van der Waals surface area contributed by atoms with Gasteiger partial charge in [-0.3, -0.25) is 4.79 Å². The van der Waals surface area contributed by atoms with E-state index in [1.54, 1.807) is 23.7 Å². The van der Waals surface area contributed by atoms with Gasteiger partial charge in [-0.15, -0.1) is 0 Å². The van der Waals surface area contributed by atoms with Gasteiger partial charge in [0.1, 0.15) is 5.82 Å². The van der Waals surface area contributed by atoms with E-state index in [1.807, 2.05) is 24.3 Å². The number of aromatic nitrogens is 3. The van der Waals surface area contributed by atoms with Crippen LogP contribution in [0.15, 0.2) is 53.3 Å². The molecule has 22 heavy (non-hydrogen) atoms. The smallest absolute Gasteiger partial charge is 0.259 e. The molecular weight excluding hydrogens is 281 g/mol. The normalized spacial score (nSPS) is 11.4. The average Bonchev–Trinajstić information content (AvgIpc) is 2.86. The number of H-pyrrole nitrogens is 1. The Morgan fingerprint density at radius 2 is 1.95 bits per heavy atom. The van der Waals surface area contributed by atoms with E-state index in [0.717, 1.165) is 10.9 Å². The maximum Gasteiger partial charge on any atom is 0.259 e. The van der Waals surface area contributed by atoms with Gasteiger partial charge in [0.15, 0.2) is 0 Å². The number of para-hydroxylation sites is 1. The van der Waals surface area contributed by atoms with Crippen molar-refractivity contribution in [2.45, 2.75) is 6.92 Å². The largest absolute Gasteiger partial charge is 0.321 e. The molecule has 108 valence electrons. The SMILES string of the molecule is Cc1nn(-c2cccc(F)c2)c2c1c(=O)[nH]c1ccccc12. The van der Waals surface area contributed by atoms with Crippen LogP contribution in [0.4, 0.5) is 4.39 Å². The van der Waals surface area contributed by atoms with Crippen LogP contribution < -0.4 is 5.56 Å². The van der Waals surface area contributed by atoms with Crippen molar-refractivity contribution in [3.63, 3.8) is 0 Å². The number of halogens is 1. The lowest BCUT2D eigenvalue weighted by Crippen LogP contribution is -2.07. The number of nitrogens with zero attached hydrogens (tertiary/aromatic N) is 2. The maximum atomic E-state index is 13.5. The Hall–Kier alpha value is -2.95. The first kappa shape index (κ1) is 12.8. The molecule has 4 rings (SSSR count). The summed E-state index contributed by atoms with van der Waals surface area (Å²) in [6.07, 6.45) is 0. The van der Waals surface area contributed by atoms with Crippen molar-refractivity contribution < 1.29 is 4.39 Å². The summed E-state index contributed by atoms with van der Waals surface area (Å²) in [4.78, 5) is 15.2. The lowest BCUT2D eigenvalue weighted by molar-refractivity contribution is 0.625. The van der Waals surface area contributed by atoms with Gasteiger partial charge in [-0.05, 0) is 31.2 Å². The second-order valence-corrected chi connectivity index (χ2v) is 5.20. The van der Waals surface area contributed by atoms with Gasteiger partial charge < -0.3 is 4.98 Å². The standard InChI is InChI=1S/C17H12FN3O/c1-10-15-16(13-7-2-3-8-14(13)19-17(15)22)21(20-10)12-6-4-5-11(18)9-12/h2-9H,1H3,(H,19,22). The van der Waals surface area contributed by atoms with E-state index >= 15 is 0 Å². The van der Waals surface area contributed by atoms with Gasteiger partial charge in [-0.1, -0.05) is 24.3 Å². The third kappa shape index (κ3) is 1.75. The fourth-order valence-corrected chi connectivity index (χ4v) is 2.83. The summed E-state index contributed by atoms with van der Waals surface area (Å²) < 4.78 is 15.2. The van der Waals surface area contributed by atoms with Crippen LogP contribution in [0.1, 0.15) is 5.69 Å². The lowest BCUT2D eigenvalue weighted by Gasteiger charge is -2.06. The Bertz CT molecular complexity index is 1080. The Morgan fingerprint density at radius 3 is 2.77 bits per heavy atom. The molecule has 0 saturated heterocycles. The van der Waals surface area contributed by atoms with E-state index in [4.69, 9.17) is 0 Å². The van der Waals surface area contributed by atoms with E-state index in [9.17, 15) is 9.18 Å². The van der Waals surface area contributed by atoms with Crippen molar-refractivity contribution in [1.29, 1.82) is 0 Å². The van der Waals surface area contributed by atoms with E-state index in [2.05, 4.69) is 10.1 Å². The Labute approximate surface area is 124 Å². The highest BCUT2D eigenvalue weighted by Gasteiger charge is 2.16. The second-order valence-electron chi connectivity index (χ2n) is 5.20. The van der Waals surface area contributed by atoms with Crippen LogP contribution in [-0.2, 0) is 0 Å². The van der Waals surface area contributed by atoms with Gasteiger partial charge in [-0.25, -0.2) is 9.07 Å². The Morgan fingerprint density at radius 1 is 1.14 bits per heavy atom. The van der Waals surface area contributed by atoms with Crippen LogP contribution in [0.2, 0.25) is 0 Å². The molecule has 0 aliphatic carbocycles. The minimum atomic E-state index is -0.340. The molecule has 2 aromatic carbocycles. The Kier molecular flexibility index (Phi) is 2.63. The van der Waals surface area contributed by atoms with Crippen molar-refractivity contribution in [3.8, 4) is 5.69 Å². The summed E-state index contributed by atoms with van der Waals surface area (Å²) in [5.41, 5.74) is 2.45. The summed E-state index contributed by atoms with van der Waals surface area (Å²) in [6, 6.07) is 13.7. The highest BCUT2D eigenvalue weighted by atomic mass is 19.1. The molecule has 4 aromatic rings. The zero-order chi connectivity index (χ0) is 15.3. The molecule has 0 atom stereocenters. The van der Waals surface area contributed by atoms with E-state index in [1.165, 1.54) is 12.1 Å². The number of nitrogens with one attached hydrogen (secondary N) is 1. The first-order valence-electron chi connectivity index (χ1n) is 6.91. The molecule has 0 unspecified atom stereocenters. The summed E-state index contributed by atoms with van der Waals surface area (Å²) >= 11 is 0. The quantitative estimate of drug-likeness (QED) is 0.585. The predicted octanol–water partition coefficient (Wildman–Crippen LogP) is 3.31. The van der Waals surface area contributed by atoms with Crippen LogP contribution in [-0.4, -0.2) is 14.8 Å². The van der Waals surface area contributed by atoms with Gasteiger partial charge in [0.2, 0.25) is 0 Å². The van der Waals surface area contributed by atoms with Crippen LogP contribution in [0.3, 0.4) is 0 Å². The molecule has 0 aliphatic rings. The predicted molar refractivity (Wildman–Crippen MR) is 83.9 cm³/mol. The van der Waals surface area contributed by atoms with Crippen molar-refractivity contribution in [2.75, 3.05) is 0 Å². The Balaban J connectivity index is 2.23. The lowest BCUT2D eigenvalue weighted by atomic mass is 10.1. The molecule has 4 nitrogen and oxygen atoms in total. The number of benzene rings is 2. The molecule has 0 bridgehead atoms. The summed E-state index contributed by atoms with van der Waals surface area (Å²) in [6.45, 7) is 1.78. The number of aromatic amines is 1. The maximum absolute atomic E-state index is 13.5. The number of fused-ring (bicyclic) bond motifs is 3. The third-order valence-corrected chi connectivity index (χ3v) is 3.77. The molecule has 2 aromatic heterocycles. The van der Waals surface area contributed by atoms with Crippen molar-refractivity contribution >= 4 is 21.8 Å². The van der Waals surface area contributed by atoms with Gasteiger partial charge in [0.25, 0.3) is 5.56 Å². The van der Waals surface area contributed by atoms with Gasteiger partial charge in [0, 0.05) is 5.39 Å². The first-order chi connectivity index (χ1) is 10.6. The molecular formula is C17H12FN3O. The van der Waals surface area contributed by atoms with Crippen LogP contribution in [0.5, 0.6) is 0 Å². The number of aryl methyl sites for hydroxylation is 1. The zero-order valence-corrected chi connectivity index (χ0v) is 11.8. The van der Waals surface area contributed by atoms with Crippen LogP contribution in [0, 0.1) is 12.7 Å². The summed E-state index contributed by atoms with van der Waals surface area (Å²) in [5, 5.41) is 5.85. The fraction of sp³-hybridized carbons (Fsp3) is 0.0588. The monoisotopic (exact) mass is 293 g/mol. The molecule has 0 fully saturated rings. The van der Waals surface area contributed by atoms with Crippen molar-refractivity contribution in [2.24, 2.45) is 0 Å². The number of rotatable bonds is 1. The minimum absolute atomic E-state index is 0.186. The van der Waals surface area contributed by atoms with E-state index < -0.39 is 0 Å². The van der Waals surface area contributed by atoms with E-state index in [0.29, 0.717) is 22.3 Å². The molecule has 2 heterocycles. The molecule has 1 N–H and O–H groups in total. The second kappa shape index (κ2) is 4.53. The third-order valence-electron chi connectivity index (χ3n) is 3.77. The number of hydrogen-bond donors (Lipinski definition) is 1. The van der Waals surface area contributed by atoms with Crippen LogP contribution >= 0.6 is 0 Å². The van der Waals surface area contributed by atoms with Crippen LogP contribution in [0.25, 0.3) is 27.5 Å². The van der Waals surface area contributed by atoms with Gasteiger partial charge in [0.05, 0.1) is 27.8 Å². The molecule has 0 amide bonds. The summed E-state index contributed by atoms with van der Waals surface area (Å²) in [7, 11) is 0. The van der Waals surface area contributed by atoms with E-state index in [-0.39, 0.29) is 11.4 Å². The van der Waals surface area contributed by atoms with Crippen molar-refractivity contribution in [3.05, 3.63) is 70.4 Å². The molecule has 0 saturated carbocycles. The molecule has 0 aliphatic heterocycles. The highest BCUT2D eigenvalue weighted by Crippen LogP contribution is 2.26.